The molecular weight excluding hydrogens is 268 g/mol. The first kappa shape index (κ1) is 15.4. The van der Waals surface area contributed by atoms with Gasteiger partial charge in [-0.05, 0) is 24.5 Å². The molecule has 0 aromatic carbocycles. The van der Waals surface area contributed by atoms with Crippen molar-refractivity contribution >= 4 is 17.7 Å². The first-order valence-electron chi connectivity index (χ1n) is 7.60. The van der Waals surface area contributed by atoms with E-state index in [0.717, 1.165) is 18.6 Å². The summed E-state index contributed by atoms with van der Waals surface area (Å²) in [4.78, 5) is 16.0. The predicted octanol–water partition coefficient (Wildman–Crippen LogP) is 3.54. The third-order valence-corrected chi connectivity index (χ3v) is 4.70. The topological polar surface area (TPSA) is 42.0 Å². The van der Waals surface area contributed by atoms with E-state index in [1.165, 1.54) is 37.7 Å². The van der Waals surface area contributed by atoms with Crippen molar-refractivity contribution < 1.29 is 4.79 Å². The van der Waals surface area contributed by atoms with Crippen LogP contribution in [0.3, 0.4) is 0 Å². The molecule has 0 radical (unpaired) electrons. The van der Waals surface area contributed by atoms with Crippen molar-refractivity contribution in [2.45, 2.75) is 56.7 Å². The summed E-state index contributed by atoms with van der Waals surface area (Å²) in [5, 5.41) is 3.20. The average Bonchev–Trinajstić information content (AvgIpc) is 2.43. The molecule has 1 saturated carbocycles. The minimum atomic E-state index is 0.185. The van der Waals surface area contributed by atoms with Crippen LogP contribution in [0.15, 0.2) is 24.5 Å². The van der Waals surface area contributed by atoms with Crippen LogP contribution in [0.4, 0.5) is 0 Å². The summed E-state index contributed by atoms with van der Waals surface area (Å²) >= 11 is 1.66. The van der Waals surface area contributed by atoms with Gasteiger partial charge in [0.05, 0.1) is 5.75 Å². The van der Waals surface area contributed by atoms with Gasteiger partial charge in [0, 0.05) is 24.2 Å². The normalized spacial score (nSPS) is 17.2. The molecule has 1 N–H and O–H groups in total. The van der Waals surface area contributed by atoms with Crippen molar-refractivity contribution in [3.05, 3.63) is 30.1 Å². The first-order chi connectivity index (χ1) is 9.84. The Balaban J connectivity index is 1.64. The summed E-state index contributed by atoms with van der Waals surface area (Å²) in [6.45, 7) is 0. The highest BCUT2D eigenvalue weighted by Crippen LogP contribution is 2.17. The van der Waals surface area contributed by atoms with E-state index in [1.54, 1.807) is 18.0 Å². The lowest BCUT2D eigenvalue weighted by molar-refractivity contribution is -0.119. The molecule has 1 aromatic heterocycles. The molecule has 0 saturated heterocycles. The Bertz CT molecular complexity index is 389. The Labute approximate surface area is 125 Å². The number of pyridine rings is 1. The second kappa shape index (κ2) is 9.01. The van der Waals surface area contributed by atoms with Gasteiger partial charge in [0.25, 0.3) is 0 Å². The smallest absolute Gasteiger partial charge is 0.230 e. The van der Waals surface area contributed by atoms with Crippen LogP contribution in [0.5, 0.6) is 0 Å². The molecule has 3 nitrogen and oxygen atoms in total. The standard InChI is InChI=1S/C16H24N2OS/c19-16(13-20-12-14-7-6-10-17-11-14)18-15-8-4-2-1-3-5-9-15/h6-7,10-11,15H,1-5,8-9,12-13H2,(H,18,19). The van der Waals surface area contributed by atoms with E-state index >= 15 is 0 Å². The van der Waals surface area contributed by atoms with Gasteiger partial charge in [0.15, 0.2) is 0 Å². The molecule has 0 bridgehead atoms. The third kappa shape index (κ3) is 5.95. The second-order valence-electron chi connectivity index (χ2n) is 5.46. The minimum absolute atomic E-state index is 0.185. The molecule has 2 rings (SSSR count). The van der Waals surface area contributed by atoms with E-state index < -0.39 is 0 Å². The summed E-state index contributed by atoms with van der Waals surface area (Å²) < 4.78 is 0. The van der Waals surface area contributed by atoms with Gasteiger partial charge in [-0.1, -0.05) is 38.2 Å². The first-order valence-corrected chi connectivity index (χ1v) is 8.76. The molecule has 0 atom stereocenters. The van der Waals surface area contributed by atoms with E-state index in [4.69, 9.17) is 0 Å². The zero-order valence-electron chi connectivity index (χ0n) is 12.0. The maximum atomic E-state index is 12.0. The lowest BCUT2D eigenvalue weighted by Gasteiger charge is -2.20. The van der Waals surface area contributed by atoms with Crippen LogP contribution < -0.4 is 5.32 Å². The SMILES string of the molecule is O=C(CSCc1cccnc1)NC1CCCCCCC1. The van der Waals surface area contributed by atoms with Crippen LogP contribution in [0, 0.1) is 0 Å². The van der Waals surface area contributed by atoms with Crippen LogP contribution in [0.1, 0.15) is 50.5 Å². The molecule has 110 valence electrons. The lowest BCUT2D eigenvalue weighted by Crippen LogP contribution is -2.36. The molecule has 1 aromatic rings. The predicted molar refractivity (Wildman–Crippen MR) is 84.6 cm³/mol. The summed E-state index contributed by atoms with van der Waals surface area (Å²) in [7, 11) is 0. The Morgan fingerprint density at radius 1 is 1.25 bits per heavy atom. The molecule has 20 heavy (non-hydrogen) atoms. The van der Waals surface area contributed by atoms with E-state index in [1.807, 2.05) is 18.3 Å². The van der Waals surface area contributed by atoms with Gasteiger partial charge < -0.3 is 5.32 Å². The number of hydrogen-bond donors (Lipinski definition) is 1. The summed E-state index contributed by atoms with van der Waals surface area (Å²) in [5.41, 5.74) is 1.18. The van der Waals surface area contributed by atoms with E-state index in [2.05, 4.69) is 10.3 Å². The van der Waals surface area contributed by atoms with Crippen molar-refractivity contribution in [2.75, 3.05) is 5.75 Å². The van der Waals surface area contributed by atoms with Crippen LogP contribution in [0.2, 0.25) is 0 Å². The largest absolute Gasteiger partial charge is 0.353 e. The molecule has 0 unspecified atom stereocenters. The quantitative estimate of drug-likeness (QED) is 0.902. The Morgan fingerprint density at radius 3 is 2.70 bits per heavy atom. The number of hydrogen-bond acceptors (Lipinski definition) is 3. The number of carbonyl (C=O) groups is 1. The van der Waals surface area contributed by atoms with Gasteiger partial charge in [-0.2, -0.15) is 0 Å². The highest BCUT2D eigenvalue weighted by Gasteiger charge is 2.13. The minimum Gasteiger partial charge on any atom is -0.353 e. The fourth-order valence-electron chi connectivity index (χ4n) is 2.61. The lowest BCUT2D eigenvalue weighted by atomic mass is 9.97. The maximum absolute atomic E-state index is 12.0. The average molecular weight is 292 g/mol. The number of nitrogens with one attached hydrogen (secondary N) is 1. The van der Waals surface area contributed by atoms with Crippen LogP contribution >= 0.6 is 11.8 Å². The highest BCUT2D eigenvalue weighted by molar-refractivity contribution is 7.99. The monoisotopic (exact) mass is 292 g/mol. The molecule has 1 heterocycles. The van der Waals surface area contributed by atoms with E-state index in [0.29, 0.717) is 11.8 Å². The molecule has 1 fully saturated rings. The van der Waals surface area contributed by atoms with Gasteiger partial charge in [0.2, 0.25) is 5.91 Å². The second-order valence-corrected chi connectivity index (χ2v) is 6.45. The summed E-state index contributed by atoms with van der Waals surface area (Å²) in [5.74, 6) is 1.58. The Kier molecular flexibility index (Phi) is 6.92. The van der Waals surface area contributed by atoms with Gasteiger partial charge >= 0.3 is 0 Å². The number of carbonyl (C=O) groups excluding carboxylic acids is 1. The Morgan fingerprint density at radius 2 is 2.00 bits per heavy atom. The van der Waals surface area contributed by atoms with Gasteiger partial charge in [0.1, 0.15) is 0 Å². The number of thioether (sulfide) groups is 1. The molecule has 0 spiro atoms. The Hall–Kier alpha value is -1.03. The van der Waals surface area contributed by atoms with E-state index in [9.17, 15) is 4.79 Å². The molecule has 4 heteroatoms. The number of rotatable bonds is 5. The van der Waals surface area contributed by atoms with Gasteiger partial charge in [-0.3, -0.25) is 9.78 Å². The van der Waals surface area contributed by atoms with Crippen LogP contribution in [0.25, 0.3) is 0 Å². The van der Waals surface area contributed by atoms with Crippen LogP contribution in [-0.2, 0) is 10.5 Å². The van der Waals surface area contributed by atoms with Crippen molar-refractivity contribution in [3.63, 3.8) is 0 Å². The zero-order chi connectivity index (χ0) is 14.0. The summed E-state index contributed by atoms with van der Waals surface area (Å²) in [6.07, 6.45) is 12.5. The van der Waals surface area contributed by atoms with Crippen LogP contribution in [-0.4, -0.2) is 22.7 Å². The zero-order valence-corrected chi connectivity index (χ0v) is 12.8. The number of amides is 1. The molecular formula is C16H24N2OS. The maximum Gasteiger partial charge on any atom is 0.230 e. The van der Waals surface area contributed by atoms with Gasteiger partial charge in [-0.25, -0.2) is 0 Å². The molecule has 1 amide bonds. The summed E-state index contributed by atoms with van der Waals surface area (Å²) in [6, 6.07) is 4.39. The van der Waals surface area contributed by atoms with E-state index in [-0.39, 0.29) is 5.91 Å². The number of nitrogens with zero attached hydrogens (tertiary/aromatic N) is 1. The fraction of sp³-hybridized carbons (Fsp3) is 0.625. The van der Waals surface area contributed by atoms with Gasteiger partial charge in [-0.15, -0.1) is 11.8 Å². The highest BCUT2D eigenvalue weighted by atomic mass is 32.2. The molecule has 1 aliphatic rings. The van der Waals surface area contributed by atoms with Crippen molar-refractivity contribution in [2.24, 2.45) is 0 Å². The fourth-order valence-corrected chi connectivity index (χ4v) is 3.39. The third-order valence-electron chi connectivity index (χ3n) is 3.69. The van der Waals surface area contributed by atoms with Crippen molar-refractivity contribution in [3.8, 4) is 0 Å². The molecule has 1 aliphatic carbocycles. The van der Waals surface area contributed by atoms with Crippen molar-refractivity contribution in [1.82, 2.24) is 10.3 Å². The van der Waals surface area contributed by atoms with Crippen molar-refractivity contribution in [1.29, 1.82) is 0 Å². The number of aromatic nitrogens is 1. The molecule has 0 aliphatic heterocycles.